The minimum atomic E-state index is -0.0165. The number of nitrogens with one attached hydrogen (secondary N) is 1. The van der Waals surface area contributed by atoms with E-state index in [1.165, 1.54) is 39.0 Å². The molecule has 2 aliphatic carbocycles. The molecule has 0 saturated heterocycles. The summed E-state index contributed by atoms with van der Waals surface area (Å²) in [5.74, 6) is 1.93. The number of rotatable bonds is 9. The Morgan fingerprint density at radius 1 is 1.21 bits per heavy atom. The third-order valence-corrected chi connectivity index (χ3v) is 6.18. The Bertz CT molecular complexity index is 809. The summed E-state index contributed by atoms with van der Waals surface area (Å²) < 4.78 is 14.1. The lowest BCUT2D eigenvalue weighted by atomic mass is 9.83. The zero-order chi connectivity index (χ0) is 20.1. The van der Waals surface area contributed by atoms with Gasteiger partial charge in [0.1, 0.15) is 12.0 Å². The van der Waals surface area contributed by atoms with Crippen LogP contribution in [0, 0.1) is 11.8 Å². The van der Waals surface area contributed by atoms with E-state index in [1.807, 2.05) is 0 Å². The van der Waals surface area contributed by atoms with Crippen LogP contribution in [0.4, 0.5) is 0 Å². The fourth-order valence-corrected chi connectivity index (χ4v) is 4.49. The van der Waals surface area contributed by atoms with Crippen LogP contribution in [-0.2, 0) is 16.1 Å². The Hall–Kier alpha value is -2.15. The summed E-state index contributed by atoms with van der Waals surface area (Å²) in [5, 5.41) is 3.75. The second-order valence-corrected chi connectivity index (χ2v) is 8.51. The maximum Gasteiger partial charge on any atom is 0.226 e. The van der Waals surface area contributed by atoms with Crippen molar-refractivity contribution in [3.05, 3.63) is 18.6 Å². The summed E-state index contributed by atoms with van der Waals surface area (Å²) in [6, 6.07) is 2.09. The van der Waals surface area contributed by atoms with Gasteiger partial charge in [-0.15, -0.1) is 0 Å². The van der Waals surface area contributed by atoms with Crippen LogP contribution in [0.2, 0.25) is 0 Å². The highest BCUT2D eigenvalue weighted by Gasteiger charge is 2.30. The van der Waals surface area contributed by atoms with Gasteiger partial charge in [-0.1, -0.05) is 19.3 Å². The molecule has 29 heavy (non-hydrogen) atoms. The van der Waals surface area contributed by atoms with E-state index in [4.69, 9.17) is 9.47 Å². The molecule has 2 heterocycles. The lowest BCUT2D eigenvalue weighted by molar-refractivity contribution is -0.119. The lowest BCUT2D eigenvalue weighted by Crippen LogP contribution is -2.37. The van der Waals surface area contributed by atoms with Crippen LogP contribution in [-0.4, -0.2) is 46.3 Å². The normalized spacial score (nSPS) is 22.4. The van der Waals surface area contributed by atoms with Gasteiger partial charge >= 0.3 is 0 Å². The molecule has 2 aromatic rings. The van der Waals surface area contributed by atoms with Crippen molar-refractivity contribution >= 4 is 16.9 Å². The summed E-state index contributed by atoms with van der Waals surface area (Å²) in [5.41, 5.74) is 0.980. The number of hydrogen-bond acceptors (Lipinski definition) is 5. The molecule has 0 unspecified atom stereocenters. The van der Waals surface area contributed by atoms with Gasteiger partial charge in [-0.05, 0) is 43.6 Å². The summed E-state index contributed by atoms with van der Waals surface area (Å²) in [6.45, 7) is 4.36. The number of aromatic nitrogens is 3. The first kappa shape index (κ1) is 20.1. The predicted molar refractivity (Wildman–Crippen MR) is 111 cm³/mol. The fourth-order valence-electron chi connectivity index (χ4n) is 4.49. The van der Waals surface area contributed by atoms with E-state index in [0.717, 1.165) is 36.3 Å². The molecule has 7 heteroatoms. The van der Waals surface area contributed by atoms with Crippen LogP contribution in [0.15, 0.2) is 18.6 Å². The van der Waals surface area contributed by atoms with Gasteiger partial charge in [0, 0.05) is 26.2 Å². The van der Waals surface area contributed by atoms with Gasteiger partial charge in [0.15, 0.2) is 0 Å². The quantitative estimate of drug-likeness (QED) is 0.653. The average molecular weight is 401 g/mol. The molecule has 2 aromatic heterocycles. The second kappa shape index (κ2) is 9.57. The van der Waals surface area contributed by atoms with Gasteiger partial charge in [0.25, 0.3) is 0 Å². The van der Waals surface area contributed by atoms with Crippen molar-refractivity contribution in [2.75, 3.05) is 19.8 Å². The molecule has 158 valence electrons. The Morgan fingerprint density at radius 3 is 2.83 bits per heavy atom. The Labute approximate surface area is 172 Å². The molecular formula is C22H32N4O3. The molecule has 2 saturated carbocycles. The van der Waals surface area contributed by atoms with E-state index < -0.39 is 0 Å². The first-order valence-corrected chi connectivity index (χ1v) is 11.0. The largest absolute Gasteiger partial charge is 0.477 e. The molecule has 1 amide bonds. The van der Waals surface area contributed by atoms with Crippen molar-refractivity contribution < 1.29 is 14.3 Å². The molecule has 0 atom stereocenters. The van der Waals surface area contributed by atoms with E-state index in [1.54, 1.807) is 6.33 Å². The van der Waals surface area contributed by atoms with E-state index in [-0.39, 0.29) is 12.0 Å². The van der Waals surface area contributed by atoms with E-state index >= 15 is 0 Å². The van der Waals surface area contributed by atoms with Crippen molar-refractivity contribution in [1.82, 2.24) is 19.9 Å². The molecule has 2 fully saturated rings. The first-order valence-electron chi connectivity index (χ1n) is 11.0. The number of carbonyl (C=O) groups excluding carboxylic acids is 1. The minimum absolute atomic E-state index is 0.0165. The summed E-state index contributed by atoms with van der Waals surface area (Å²) >= 11 is 0. The maximum absolute atomic E-state index is 10.8. The standard InChI is InChI=1S/C22H32N4O3/c1-16(27)23-8-10-28-19-11-18(12-19)14-29-22-20-7-9-26(21(20)24-15-25-22)13-17-5-3-2-4-6-17/h7,9,15,17-19H,2-6,8,10-14H2,1H3,(H,23,27). The average Bonchev–Trinajstić information content (AvgIpc) is 3.10. The maximum atomic E-state index is 10.8. The Balaban J connectivity index is 1.24. The second-order valence-electron chi connectivity index (χ2n) is 8.51. The van der Waals surface area contributed by atoms with Gasteiger partial charge in [-0.2, -0.15) is 0 Å². The molecule has 0 aromatic carbocycles. The molecule has 4 rings (SSSR count). The van der Waals surface area contributed by atoms with Crippen molar-refractivity contribution in [2.45, 2.75) is 64.5 Å². The van der Waals surface area contributed by atoms with E-state index in [9.17, 15) is 4.79 Å². The van der Waals surface area contributed by atoms with Crippen LogP contribution >= 0.6 is 0 Å². The van der Waals surface area contributed by atoms with Crippen LogP contribution < -0.4 is 10.1 Å². The van der Waals surface area contributed by atoms with Crippen LogP contribution in [0.25, 0.3) is 11.0 Å². The van der Waals surface area contributed by atoms with Gasteiger partial charge in [0.2, 0.25) is 11.8 Å². The highest BCUT2D eigenvalue weighted by molar-refractivity contribution is 5.81. The topological polar surface area (TPSA) is 78.3 Å². The molecule has 0 spiro atoms. The van der Waals surface area contributed by atoms with Crippen LogP contribution in [0.5, 0.6) is 5.88 Å². The van der Waals surface area contributed by atoms with Crippen LogP contribution in [0.1, 0.15) is 51.9 Å². The highest BCUT2D eigenvalue weighted by Crippen LogP contribution is 2.32. The molecule has 0 aliphatic heterocycles. The van der Waals surface area contributed by atoms with E-state index in [0.29, 0.717) is 31.6 Å². The SMILES string of the molecule is CC(=O)NCCOC1CC(COc2ncnc3c2ccn3CC2CCCCC2)C1. The smallest absolute Gasteiger partial charge is 0.226 e. The van der Waals surface area contributed by atoms with Gasteiger partial charge < -0.3 is 19.4 Å². The third-order valence-electron chi connectivity index (χ3n) is 6.18. The molecule has 2 aliphatic rings. The number of hydrogen-bond donors (Lipinski definition) is 1. The third kappa shape index (κ3) is 5.26. The number of ether oxygens (including phenoxy) is 2. The van der Waals surface area contributed by atoms with Gasteiger partial charge in [0.05, 0.1) is 24.7 Å². The van der Waals surface area contributed by atoms with Crippen molar-refractivity contribution in [3.63, 3.8) is 0 Å². The summed E-state index contributed by atoms with van der Waals surface area (Å²) in [7, 11) is 0. The van der Waals surface area contributed by atoms with Crippen LogP contribution in [0.3, 0.4) is 0 Å². The monoisotopic (exact) mass is 400 g/mol. The zero-order valence-electron chi connectivity index (χ0n) is 17.3. The lowest BCUT2D eigenvalue weighted by Gasteiger charge is -2.34. The molecule has 1 N–H and O–H groups in total. The minimum Gasteiger partial charge on any atom is -0.477 e. The van der Waals surface area contributed by atoms with Crippen molar-refractivity contribution in [2.24, 2.45) is 11.8 Å². The highest BCUT2D eigenvalue weighted by atomic mass is 16.5. The Morgan fingerprint density at radius 2 is 2.03 bits per heavy atom. The number of carbonyl (C=O) groups is 1. The zero-order valence-corrected chi connectivity index (χ0v) is 17.3. The number of amides is 1. The first-order chi connectivity index (χ1) is 14.2. The molecule has 7 nitrogen and oxygen atoms in total. The van der Waals surface area contributed by atoms with Gasteiger partial charge in [-0.3, -0.25) is 4.79 Å². The summed E-state index contributed by atoms with van der Waals surface area (Å²) in [6.07, 6.45) is 12.7. The fraction of sp³-hybridized carbons (Fsp3) is 0.682. The van der Waals surface area contributed by atoms with Gasteiger partial charge in [-0.25, -0.2) is 9.97 Å². The summed E-state index contributed by atoms with van der Waals surface area (Å²) in [4.78, 5) is 19.7. The molecule has 0 bridgehead atoms. The van der Waals surface area contributed by atoms with E-state index in [2.05, 4.69) is 32.1 Å². The molecule has 0 radical (unpaired) electrons. The van der Waals surface area contributed by atoms with Crippen molar-refractivity contribution in [1.29, 1.82) is 0 Å². The number of nitrogens with zero attached hydrogens (tertiary/aromatic N) is 3. The van der Waals surface area contributed by atoms with Crippen molar-refractivity contribution in [3.8, 4) is 5.88 Å². The predicted octanol–water partition coefficient (Wildman–Crippen LogP) is 3.32. The Kier molecular flexibility index (Phi) is 6.64. The number of fused-ring (bicyclic) bond motifs is 1. The molecular weight excluding hydrogens is 368 g/mol.